The summed E-state index contributed by atoms with van der Waals surface area (Å²) >= 11 is 0. The van der Waals surface area contributed by atoms with Gasteiger partial charge in [-0.05, 0) is 6.92 Å². The maximum absolute atomic E-state index is 11.5. The van der Waals surface area contributed by atoms with Crippen molar-refractivity contribution < 1.29 is 38.3 Å². The van der Waals surface area contributed by atoms with Crippen LogP contribution in [0.25, 0.3) is 0 Å². The van der Waals surface area contributed by atoms with Crippen LogP contribution in [-0.2, 0) is 33.2 Å². The third-order valence-electron chi connectivity index (χ3n) is 3.35. The molecule has 0 bridgehead atoms. The highest BCUT2D eigenvalue weighted by Crippen LogP contribution is 2.27. The molecule has 0 aromatic carbocycles. The van der Waals surface area contributed by atoms with Crippen molar-refractivity contribution in [2.24, 2.45) is 0 Å². The van der Waals surface area contributed by atoms with Crippen LogP contribution in [0.15, 0.2) is 0 Å². The van der Waals surface area contributed by atoms with E-state index in [1.165, 1.54) is 35.4 Å². The number of hydrogen-bond acceptors (Lipinski definition) is 8. The van der Waals surface area contributed by atoms with Gasteiger partial charge >= 0.3 is 5.97 Å². The lowest BCUT2D eigenvalue weighted by atomic mass is 9.98. The van der Waals surface area contributed by atoms with E-state index in [1.54, 1.807) is 0 Å². The van der Waals surface area contributed by atoms with Crippen molar-refractivity contribution >= 4 is 5.97 Å². The highest BCUT2D eigenvalue weighted by Gasteiger charge is 2.47. The van der Waals surface area contributed by atoms with Gasteiger partial charge in [0.2, 0.25) is 0 Å². The van der Waals surface area contributed by atoms with Crippen molar-refractivity contribution in [2.75, 3.05) is 35.0 Å². The van der Waals surface area contributed by atoms with Gasteiger partial charge in [0.15, 0.2) is 12.4 Å². The van der Waals surface area contributed by atoms with E-state index in [4.69, 9.17) is 23.7 Å². The maximum Gasteiger partial charge on any atom is 0.334 e. The molecule has 1 N–H and O–H groups in total. The zero-order chi connectivity index (χ0) is 16.0. The summed E-state index contributed by atoms with van der Waals surface area (Å²) < 4.78 is 31.3. The molecular formula is C13H24O8. The highest BCUT2D eigenvalue weighted by molar-refractivity contribution is 5.73. The summed E-state index contributed by atoms with van der Waals surface area (Å²) in [5.41, 5.74) is 0. The molecule has 1 heterocycles. The van der Waals surface area contributed by atoms with Gasteiger partial charge in [-0.2, -0.15) is 0 Å². The third-order valence-corrected chi connectivity index (χ3v) is 3.35. The Morgan fingerprint density at radius 1 is 1.19 bits per heavy atom. The van der Waals surface area contributed by atoms with Crippen molar-refractivity contribution in [2.45, 2.75) is 43.7 Å². The molecule has 8 nitrogen and oxygen atoms in total. The van der Waals surface area contributed by atoms with E-state index in [0.29, 0.717) is 0 Å². The van der Waals surface area contributed by atoms with Crippen molar-refractivity contribution in [3.05, 3.63) is 0 Å². The van der Waals surface area contributed by atoms with Crippen LogP contribution in [0.2, 0.25) is 0 Å². The first-order chi connectivity index (χ1) is 9.99. The maximum atomic E-state index is 11.5. The van der Waals surface area contributed by atoms with Gasteiger partial charge in [0, 0.05) is 21.3 Å². The molecule has 1 aliphatic heterocycles. The van der Waals surface area contributed by atoms with Gasteiger partial charge in [0.05, 0.1) is 13.7 Å². The molecule has 1 fully saturated rings. The van der Waals surface area contributed by atoms with Crippen LogP contribution in [0.5, 0.6) is 0 Å². The molecule has 6 atom stereocenters. The Kier molecular flexibility index (Phi) is 7.50. The standard InChI is InChI=1S/C13H24O8/c1-7(12(15)18-4)20-10-8(6-16-2)21-13(19-5)11(17-3)9(10)14/h7-11,13-14H,6H2,1-5H3/t7-,8+,9-,10+,11-,13+/m0/s1. The number of rotatable bonds is 7. The molecule has 0 spiro atoms. The van der Waals surface area contributed by atoms with E-state index in [2.05, 4.69) is 4.74 Å². The number of esters is 1. The molecule has 0 aliphatic carbocycles. The molecule has 1 saturated heterocycles. The summed E-state index contributed by atoms with van der Waals surface area (Å²) in [5, 5.41) is 10.4. The number of methoxy groups -OCH3 is 4. The predicted molar refractivity (Wildman–Crippen MR) is 70.7 cm³/mol. The average molecular weight is 308 g/mol. The largest absolute Gasteiger partial charge is 0.467 e. The topological polar surface area (TPSA) is 92.7 Å². The lowest BCUT2D eigenvalue weighted by Crippen LogP contribution is -2.61. The number of carbonyl (C=O) groups excluding carboxylic acids is 1. The van der Waals surface area contributed by atoms with Gasteiger partial charge < -0.3 is 33.5 Å². The summed E-state index contributed by atoms with van der Waals surface area (Å²) in [4.78, 5) is 11.5. The second-order valence-electron chi connectivity index (χ2n) is 4.69. The molecule has 1 rings (SSSR count). The zero-order valence-corrected chi connectivity index (χ0v) is 13.0. The zero-order valence-electron chi connectivity index (χ0n) is 13.0. The lowest BCUT2D eigenvalue weighted by Gasteiger charge is -2.43. The third kappa shape index (κ3) is 4.35. The molecule has 0 radical (unpaired) electrons. The van der Waals surface area contributed by atoms with E-state index in [0.717, 1.165) is 0 Å². The average Bonchev–Trinajstić information content (AvgIpc) is 2.49. The minimum Gasteiger partial charge on any atom is -0.467 e. The first-order valence-electron chi connectivity index (χ1n) is 6.61. The molecule has 8 heteroatoms. The van der Waals surface area contributed by atoms with E-state index >= 15 is 0 Å². The van der Waals surface area contributed by atoms with Crippen LogP contribution < -0.4 is 0 Å². The molecular weight excluding hydrogens is 284 g/mol. The normalized spacial score (nSPS) is 34.5. The Labute approximate surface area is 124 Å². The second-order valence-corrected chi connectivity index (χ2v) is 4.69. The summed E-state index contributed by atoms with van der Waals surface area (Å²) in [5.74, 6) is -0.541. The Morgan fingerprint density at radius 3 is 2.33 bits per heavy atom. The van der Waals surface area contributed by atoms with Crippen LogP contribution in [0.1, 0.15) is 6.92 Å². The fraction of sp³-hybridized carbons (Fsp3) is 0.923. The summed E-state index contributed by atoms with van der Waals surface area (Å²) in [6, 6.07) is 0. The number of aliphatic hydroxyl groups is 1. The number of ether oxygens (including phenoxy) is 6. The van der Waals surface area contributed by atoms with Crippen molar-refractivity contribution in [1.29, 1.82) is 0 Å². The quantitative estimate of drug-likeness (QED) is 0.619. The lowest BCUT2D eigenvalue weighted by molar-refractivity contribution is -0.310. The molecule has 1 aliphatic rings. The van der Waals surface area contributed by atoms with Gasteiger partial charge in [0.25, 0.3) is 0 Å². The summed E-state index contributed by atoms with van der Waals surface area (Å²) in [6.07, 6.45) is -4.80. The molecule has 0 amide bonds. The van der Waals surface area contributed by atoms with Crippen LogP contribution in [0.3, 0.4) is 0 Å². The second kappa shape index (κ2) is 8.62. The fourth-order valence-corrected chi connectivity index (χ4v) is 2.26. The van der Waals surface area contributed by atoms with Gasteiger partial charge in [0.1, 0.15) is 24.4 Å². The Bertz CT molecular complexity index is 321. The minimum absolute atomic E-state index is 0.173. The van der Waals surface area contributed by atoms with Crippen molar-refractivity contribution in [3.63, 3.8) is 0 Å². The summed E-state index contributed by atoms with van der Waals surface area (Å²) in [7, 11) is 5.65. The van der Waals surface area contributed by atoms with Gasteiger partial charge in [-0.1, -0.05) is 0 Å². The molecule has 21 heavy (non-hydrogen) atoms. The number of carbonyl (C=O) groups is 1. The van der Waals surface area contributed by atoms with Crippen LogP contribution in [0, 0.1) is 0 Å². The van der Waals surface area contributed by atoms with E-state index in [9.17, 15) is 9.90 Å². The smallest absolute Gasteiger partial charge is 0.334 e. The number of aliphatic hydroxyl groups excluding tert-OH is 1. The molecule has 0 aromatic heterocycles. The van der Waals surface area contributed by atoms with Gasteiger partial charge in [-0.3, -0.25) is 0 Å². The predicted octanol–water partition coefficient (Wildman–Crippen LogP) is -0.673. The van der Waals surface area contributed by atoms with Gasteiger partial charge in [-0.15, -0.1) is 0 Å². The van der Waals surface area contributed by atoms with Crippen LogP contribution in [-0.4, -0.2) is 82.9 Å². The molecule has 124 valence electrons. The van der Waals surface area contributed by atoms with E-state index < -0.39 is 42.8 Å². The van der Waals surface area contributed by atoms with Crippen molar-refractivity contribution in [3.8, 4) is 0 Å². The Morgan fingerprint density at radius 2 is 1.86 bits per heavy atom. The van der Waals surface area contributed by atoms with Crippen LogP contribution in [0.4, 0.5) is 0 Å². The van der Waals surface area contributed by atoms with Crippen molar-refractivity contribution in [1.82, 2.24) is 0 Å². The first kappa shape index (κ1) is 18.3. The monoisotopic (exact) mass is 308 g/mol. The molecule has 0 aromatic rings. The fourth-order valence-electron chi connectivity index (χ4n) is 2.26. The summed E-state index contributed by atoms with van der Waals surface area (Å²) in [6.45, 7) is 1.71. The van der Waals surface area contributed by atoms with Crippen LogP contribution >= 0.6 is 0 Å². The van der Waals surface area contributed by atoms with E-state index in [-0.39, 0.29) is 6.61 Å². The Balaban J connectivity index is 2.86. The first-order valence-corrected chi connectivity index (χ1v) is 6.61. The van der Waals surface area contributed by atoms with E-state index in [1.807, 2.05) is 0 Å². The van der Waals surface area contributed by atoms with Gasteiger partial charge in [-0.25, -0.2) is 4.79 Å². The minimum atomic E-state index is -1.04. The molecule has 0 unspecified atom stereocenters. The number of hydrogen-bond donors (Lipinski definition) is 1. The Hall–Kier alpha value is -0.770. The highest BCUT2D eigenvalue weighted by atomic mass is 16.7. The molecule has 0 saturated carbocycles. The SMILES string of the molecule is COC[C@H]1O[C@@H](OC)[C@@H](OC)[C@@H](O)[C@@H]1O[C@@H](C)C(=O)OC.